The van der Waals surface area contributed by atoms with Crippen molar-refractivity contribution in [2.24, 2.45) is 5.92 Å². The van der Waals surface area contributed by atoms with E-state index in [0.717, 1.165) is 6.54 Å². The summed E-state index contributed by atoms with van der Waals surface area (Å²) in [6.45, 7) is 6.19. The number of nitrogens with zero attached hydrogens (tertiary/aromatic N) is 3. The molecular weight excluding hydrogens is 254 g/mol. The molecule has 0 bridgehead atoms. The number of aromatic nitrogens is 2. The smallest absolute Gasteiger partial charge is 0.156 e. The van der Waals surface area contributed by atoms with Gasteiger partial charge < -0.3 is 9.64 Å². The van der Waals surface area contributed by atoms with Gasteiger partial charge in [0.2, 0.25) is 0 Å². The molecule has 0 unspecified atom stereocenters. The molecule has 0 radical (unpaired) electrons. The van der Waals surface area contributed by atoms with Gasteiger partial charge in [0.05, 0.1) is 12.2 Å². The summed E-state index contributed by atoms with van der Waals surface area (Å²) >= 11 is 5.90. The van der Waals surface area contributed by atoms with Crippen molar-refractivity contribution in [3.8, 4) is 0 Å². The number of carbonyl (C=O) groups excluding carboxylic acids is 1. The van der Waals surface area contributed by atoms with Crippen molar-refractivity contribution >= 4 is 23.7 Å². The fourth-order valence-corrected chi connectivity index (χ4v) is 1.82. The lowest BCUT2D eigenvalue weighted by molar-refractivity contribution is 0.112. The summed E-state index contributed by atoms with van der Waals surface area (Å²) in [6.07, 6.45) is 2.06. The zero-order chi connectivity index (χ0) is 13.5. The van der Waals surface area contributed by atoms with Crippen LogP contribution in [0, 0.1) is 5.92 Å². The highest BCUT2D eigenvalue weighted by molar-refractivity contribution is 6.32. The van der Waals surface area contributed by atoms with Crippen LogP contribution >= 0.6 is 11.6 Å². The zero-order valence-electron chi connectivity index (χ0n) is 10.9. The highest BCUT2D eigenvalue weighted by atomic mass is 35.5. The Labute approximate surface area is 112 Å². The Kier molecular flexibility index (Phi) is 6.01. The maximum atomic E-state index is 11.1. The minimum atomic E-state index is 0.182. The van der Waals surface area contributed by atoms with E-state index in [9.17, 15) is 4.79 Å². The minimum Gasteiger partial charge on any atom is -0.383 e. The van der Waals surface area contributed by atoms with Gasteiger partial charge in [0.25, 0.3) is 0 Å². The molecule has 0 aromatic carbocycles. The average molecular weight is 272 g/mol. The Hall–Kier alpha value is -1.20. The number of aldehydes is 1. The third-order valence-electron chi connectivity index (χ3n) is 2.38. The number of hydrogen-bond acceptors (Lipinski definition) is 5. The van der Waals surface area contributed by atoms with E-state index in [-0.39, 0.29) is 5.15 Å². The van der Waals surface area contributed by atoms with Crippen molar-refractivity contribution < 1.29 is 9.53 Å². The third kappa shape index (κ3) is 3.92. The second-order valence-electron chi connectivity index (χ2n) is 4.35. The molecule has 18 heavy (non-hydrogen) atoms. The predicted octanol–water partition coefficient (Wildman–Crippen LogP) is 2.05. The van der Waals surface area contributed by atoms with E-state index in [2.05, 4.69) is 23.8 Å². The fraction of sp³-hybridized carbons (Fsp3) is 0.583. The molecule has 0 amide bonds. The molecule has 0 aliphatic rings. The molecule has 1 heterocycles. The van der Waals surface area contributed by atoms with Crippen molar-refractivity contribution in [3.05, 3.63) is 17.0 Å². The van der Waals surface area contributed by atoms with Crippen molar-refractivity contribution in [3.63, 3.8) is 0 Å². The molecule has 6 heteroatoms. The molecular formula is C12H18ClN3O2. The van der Waals surface area contributed by atoms with Crippen molar-refractivity contribution in [1.82, 2.24) is 9.97 Å². The molecule has 0 fully saturated rings. The van der Waals surface area contributed by atoms with Crippen LogP contribution in [-0.2, 0) is 4.74 Å². The summed E-state index contributed by atoms with van der Waals surface area (Å²) in [6, 6.07) is 0. The Morgan fingerprint density at radius 1 is 1.50 bits per heavy atom. The second kappa shape index (κ2) is 7.28. The largest absolute Gasteiger partial charge is 0.383 e. The van der Waals surface area contributed by atoms with E-state index in [1.807, 2.05) is 4.90 Å². The first kappa shape index (κ1) is 14.9. The summed E-state index contributed by atoms with van der Waals surface area (Å²) in [5.74, 6) is 1.01. The highest BCUT2D eigenvalue weighted by Gasteiger charge is 2.16. The summed E-state index contributed by atoms with van der Waals surface area (Å²) in [5, 5.41) is 0.182. The van der Waals surface area contributed by atoms with Gasteiger partial charge in [-0.2, -0.15) is 0 Å². The van der Waals surface area contributed by atoms with Crippen LogP contribution < -0.4 is 4.90 Å². The van der Waals surface area contributed by atoms with Crippen LogP contribution in [0.25, 0.3) is 0 Å². The van der Waals surface area contributed by atoms with E-state index in [1.165, 1.54) is 6.33 Å². The van der Waals surface area contributed by atoms with Crippen LogP contribution in [0.5, 0.6) is 0 Å². The van der Waals surface area contributed by atoms with Gasteiger partial charge in [-0.05, 0) is 5.92 Å². The first-order valence-corrected chi connectivity index (χ1v) is 6.17. The number of anilines is 1. The van der Waals surface area contributed by atoms with Crippen LogP contribution in [0.15, 0.2) is 6.33 Å². The molecule has 0 saturated carbocycles. The monoisotopic (exact) mass is 271 g/mol. The summed E-state index contributed by atoms with van der Waals surface area (Å²) in [4.78, 5) is 21.1. The molecule has 0 aliphatic heterocycles. The Bertz CT molecular complexity index is 399. The Balaban J connectivity index is 3.03. The first-order valence-electron chi connectivity index (χ1n) is 5.79. The number of carbonyl (C=O) groups is 1. The standard InChI is InChI=1S/C12H18ClN3O2/c1-9(2)6-16(4-5-18-3)12-10(7-17)11(13)14-8-15-12/h7-9H,4-6H2,1-3H3. The minimum absolute atomic E-state index is 0.182. The lowest BCUT2D eigenvalue weighted by Gasteiger charge is -2.26. The van der Waals surface area contributed by atoms with Crippen molar-refractivity contribution in [1.29, 1.82) is 0 Å². The quantitative estimate of drug-likeness (QED) is 0.561. The van der Waals surface area contributed by atoms with Gasteiger partial charge in [0.15, 0.2) is 6.29 Å². The summed E-state index contributed by atoms with van der Waals surface area (Å²) in [5.41, 5.74) is 0.330. The van der Waals surface area contributed by atoms with Gasteiger partial charge in [0.1, 0.15) is 17.3 Å². The maximum Gasteiger partial charge on any atom is 0.156 e. The van der Waals surface area contributed by atoms with Crippen LogP contribution in [0.3, 0.4) is 0 Å². The Morgan fingerprint density at radius 2 is 2.22 bits per heavy atom. The Morgan fingerprint density at radius 3 is 2.78 bits per heavy atom. The van der Waals surface area contributed by atoms with Crippen LogP contribution in [0.1, 0.15) is 24.2 Å². The molecule has 1 aromatic rings. The molecule has 1 rings (SSSR count). The van der Waals surface area contributed by atoms with Crippen molar-refractivity contribution in [2.45, 2.75) is 13.8 Å². The average Bonchev–Trinajstić information content (AvgIpc) is 2.33. The van der Waals surface area contributed by atoms with Gasteiger partial charge in [-0.25, -0.2) is 9.97 Å². The topological polar surface area (TPSA) is 55.3 Å². The lowest BCUT2D eigenvalue weighted by atomic mass is 10.2. The molecule has 0 saturated heterocycles. The number of hydrogen-bond donors (Lipinski definition) is 0. The van der Waals surface area contributed by atoms with Gasteiger partial charge in [-0.15, -0.1) is 0 Å². The van der Waals surface area contributed by atoms with E-state index in [0.29, 0.717) is 36.7 Å². The number of rotatable bonds is 7. The molecule has 100 valence electrons. The van der Waals surface area contributed by atoms with E-state index < -0.39 is 0 Å². The van der Waals surface area contributed by atoms with Crippen molar-refractivity contribution in [2.75, 3.05) is 31.7 Å². The molecule has 0 atom stereocenters. The molecule has 0 N–H and O–H groups in total. The van der Waals surface area contributed by atoms with Gasteiger partial charge in [-0.1, -0.05) is 25.4 Å². The van der Waals surface area contributed by atoms with Crippen LogP contribution in [0.2, 0.25) is 5.15 Å². The molecule has 5 nitrogen and oxygen atoms in total. The summed E-state index contributed by atoms with van der Waals surface area (Å²) in [7, 11) is 1.64. The van der Waals surface area contributed by atoms with Gasteiger partial charge in [-0.3, -0.25) is 4.79 Å². The number of halogens is 1. The SMILES string of the molecule is COCCN(CC(C)C)c1ncnc(Cl)c1C=O. The van der Waals surface area contributed by atoms with Crippen LogP contribution in [0.4, 0.5) is 5.82 Å². The van der Waals surface area contributed by atoms with Crippen LogP contribution in [-0.4, -0.2) is 43.1 Å². The first-order chi connectivity index (χ1) is 8.60. The van der Waals surface area contributed by atoms with Gasteiger partial charge in [0, 0.05) is 20.2 Å². The maximum absolute atomic E-state index is 11.1. The fourth-order valence-electron chi connectivity index (χ4n) is 1.64. The third-order valence-corrected chi connectivity index (χ3v) is 2.68. The van der Waals surface area contributed by atoms with E-state index in [4.69, 9.17) is 16.3 Å². The second-order valence-corrected chi connectivity index (χ2v) is 4.71. The molecule has 1 aromatic heterocycles. The lowest BCUT2D eigenvalue weighted by Crippen LogP contribution is -2.32. The molecule has 0 aliphatic carbocycles. The molecule has 0 spiro atoms. The normalized spacial score (nSPS) is 10.7. The zero-order valence-corrected chi connectivity index (χ0v) is 11.6. The predicted molar refractivity (Wildman–Crippen MR) is 71.4 cm³/mol. The van der Waals surface area contributed by atoms with Gasteiger partial charge >= 0.3 is 0 Å². The summed E-state index contributed by atoms with van der Waals surface area (Å²) < 4.78 is 5.07. The van der Waals surface area contributed by atoms with E-state index >= 15 is 0 Å². The van der Waals surface area contributed by atoms with E-state index in [1.54, 1.807) is 7.11 Å². The highest BCUT2D eigenvalue weighted by Crippen LogP contribution is 2.22. The number of methoxy groups -OCH3 is 1. The number of ether oxygens (including phenoxy) is 1.